The van der Waals surface area contributed by atoms with E-state index in [1.165, 1.54) is 250 Å². The van der Waals surface area contributed by atoms with E-state index in [1.54, 1.807) is 0 Å². The Morgan fingerprint density at radius 1 is 0.372 bits per heavy atom. The van der Waals surface area contributed by atoms with E-state index in [0.717, 1.165) is 64.2 Å². The van der Waals surface area contributed by atoms with Gasteiger partial charge in [-0.15, -0.1) is 0 Å². The predicted octanol–water partition coefficient (Wildman–Crippen LogP) is 23.9. The molecule has 0 amide bonds. The molecule has 1 N–H and O–H groups in total. The maximum atomic E-state index is 12.9. The highest BCUT2D eigenvalue weighted by atomic mass is 31.2. The summed E-state index contributed by atoms with van der Waals surface area (Å²) in [5.41, 5.74) is 0. The number of phosphoric ester groups is 1. The molecule has 9 nitrogen and oxygen atoms in total. The molecule has 0 saturated heterocycles. The number of carbonyl (C=O) groups is 2. The van der Waals surface area contributed by atoms with E-state index < -0.39 is 26.5 Å². The monoisotopic (exact) mass is 1230 g/mol. The number of likely N-dealkylation sites (N-methyl/N-ethyl adjacent to an activating group) is 1. The van der Waals surface area contributed by atoms with Gasteiger partial charge in [0.1, 0.15) is 19.8 Å². The van der Waals surface area contributed by atoms with Crippen LogP contribution in [0.3, 0.4) is 0 Å². The van der Waals surface area contributed by atoms with E-state index >= 15 is 0 Å². The lowest BCUT2D eigenvalue weighted by Crippen LogP contribution is -2.37. The summed E-state index contributed by atoms with van der Waals surface area (Å²) in [6.45, 7) is 4.37. The molecule has 10 heteroatoms. The third kappa shape index (κ3) is 70.5. The van der Waals surface area contributed by atoms with Crippen LogP contribution in [0.5, 0.6) is 0 Å². The van der Waals surface area contributed by atoms with Crippen LogP contribution in [0.1, 0.15) is 348 Å². The quantitative estimate of drug-likeness (QED) is 0.0211. The third-order valence-corrected chi connectivity index (χ3v) is 17.2. The van der Waals surface area contributed by atoms with Crippen LogP contribution in [-0.4, -0.2) is 74.9 Å². The number of unbranched alkanes of at least 4 members (excludes halogenated alkanes) is 42. The molecule has 0 aliphatic carbocycles. The van der Waals surface area contributed by atoms with E-state index in [2.05, 4.69) is 86.8 Å². The van der Waals surface area contributed by atoms with E-state index in [1.807, 2.05) is 21.1 Å². The van der Waals surface area contributed by atoms with Crippen molar-refractivity contribution in [1.82, 2.24) is 0 Å². The first-order valence-electron chi connectivity index (χ1n) is 36.7. The Kier molecular flexibility index (Phi) is 64.9. The maximum absolute atomic E-state index is 12.9. The summed E-state index contributed by atoms with van der Waals surface area (Å²) in [6, 6.07) is 0. The van der Waals surface area contributed by atoms with Gasteiger partial charge in [0.15, 0.2) is 6.10 Å². The highest BCUT2D eigenvalue weighted by Gasteiger charge is 2.27. The van der Waals surface area contributed by atoms with Crippen LogP contribution in [0.4, 0.5) is 0 Å². The highest BCUT2D eigenvalue weighted by Crippen LogP contribution is 2.43. The van der Waals surface area contributed by atoms with Gasteiger partial charge in [-0.1, -0.05) is 324 Å². The van der Waals surface area contributed by atoms with Gasteiger partial charge in [-0.05, 0) is 83.5 Å². The van der Waals surface area contributed by atoms with Crippen LogP contribution in [0.15, 0.2) is 72.9 Å². The molecule has 0 spiro atoms. The number of phosphoric acid groups is 1. The summed E-state index contributed by atoms with van der Waals surface area (Å²) in [5, 5.41) is 0. The van der Waals surface area contributed by atoms with E-state index in [-0.39, 0.29) is 25.6 Å². The minimum Gasteiger partial charge on any atom is -0.462 e. The lowest BCUT2D eigenvalue weighted by atomic mass is 10.0. The molecule has 86 heavy (non-hydrogen) atoms. The number of ether oxygens (including phenoxy) is 2. The molecule has 0 aromatic rings. The number of nitrogens with zero attached hydrogens (tertiary/aromatic N) is 1. The topological polar surface area (TPSA) is 108 Å². The van der Waals surface area contributed by atoms with Crippen molar-refractivity contribution in [3.05, 3.63) is 72.9 Å². The van der Waals surface area contributed by atoms with Crippen molar-refractivity contribution in [2.75, 3.05) is 47.5 Å². The van der Waals surface area contributed by atoms with Gasteiger partial charge in [0.25, 0.3) is 0 Å². The minimum atomic E-state index is -4.39. The van der Waals surface area contributed by atoms with Crippen LogP contribution in [0, 0.1) is 0 Å². The van der Waals surface area contributed by atoms with Gasteiger partial charge in [0.2, 0.25) is 0 Å². The van der Waals surface area contributed by atoms with Gasteiger partial charge < -0.3 is 18.9 Å². The summed E-state index contributed by atoms with van der Waals surface area (Å²) in [4.78, 5) is 35.9. The van der Waals surface area contributed by atoms with Crippen molar-refractivity contribution in [3.8, 4) is 0 Å². The van der Waals surface area contributed by atoms with Crippen molar-refractivity contribution < 1.29 is 42.1 Å². The zero-order valence-corrected chi connectivity index (χ0v) is 58.2. The zero-order valence-electron chi connectivity index (χ0n) is 57.3. The van der Waals surface area contributed by atoms with E-state index in [9.17, 15) is 19.0 Å². The second kappa shape index (κ2) is 66.9. The maximum Gasteiger partial charge on any atom is 0.472 e. The smallest absolute Gasteiger partial charge is 0.462 e. The van der Waals surface area contributed by atoms with Crippen molar-refractivity contribution in [2.24, 2.45) is 0 Å². The van der Waals surface area contributed by atoms with E-state index in [0.29, 0.717) is 23.9 Å². The Morgan fingerprint density at radius 2 is 0.663 bits per heavy atom. The average Bonchev–Trinajstić information content (AvgIpc) is 3.67. The fourth-order valence-corrected chi connectivity index (χ4v) is 11.4. The molecule has 0 aliphatic heterocycles. The first-order valence-corrected chi connectivity index (χ1v) is 38.2. The SMILES string of the molecule is CC/C=C\C/C=C\C/C=C\C/C=C\C/C=C\CCCCCCCCCCCCCCCCCCCCCCCC(=O)OC(COC(=O)CCCCCCCCCCCCCCC/C=C\CCCCCCCCCC)COP(=O)(O)OCC[N+](C)(C)C. The van der Waals surface area contributed by atoms with Crippen LogP contribution in [-0.2, 0) is 32.7 Å². The summed E-state index contributed by atoms with van der Waals surface area (Å²) in [7, 11) is 1.49. The Hall–Kier alpha value is -2.55. The highest BCUT2D eigenvalue weighted by molar-refractivity contribution is 7.47. The van der Waals surface area contributed by atoms with Crippen LogP contribution in [0.2, 0.25) is 0 Å². The van der Waals surface area contributed by atoms with Gasteiger partial charge in [-0.2, -0.15) is 0 Å². The molecule has 2 atom stereocenters. The molecule has 502 valence electrons. The molecule has 0 heterocycles. The van der Waals surface area contributed by atoms with Gasteiger partial charge >= 0.3 is 19.8 Å². The van der Waals surface area contributed by atoms with Gasteiger partial charge in [-0.3, -0.25) is 18.6 Å². The van der Waals surface area contributed by atoms with Crippen LogP contribution in [0.25, 0.3) is 0 Å². The summed E-state index contributed by atoms with van der Waals surface area (Å²) >= 11 is 0. The Balaban J connectivity index is 3.96. The molecule has 0 aliphatic rings. The zero-order chi connectivity index (χ0) is 62.6. The van der Waals surface area contributed by atoms with E-state index in [4.69, 9.17) is 18.5 Å². The average molecular weight is 1230 g/mol. The Bertz CT molecular complexity index is 1680. The number of quaternary nitrogens is 1. The van der Waals surface area contributed by atoms with Gasteiger partial charge in [0.05, 0.1) is 27.7 Å². The number of hydrogen-bond donors (Lipinski definition) is 1. The number of rotatable bonds is 68. The summed E-state index contributed by atoms with van der Waals surface area (Å²) < 4.78 is 34.8. The Labute approximate surface area is 533 Å². The summed E-state index contributed by atoms with van der Waals surface area (Å²) in [5.74, 6) is -0.780. The lowest BCUT2D eigenvalue weighted by Gasteiger charge is -2.24. The fraction of sp³-hybridized carbons (Fsp3) is 0.816. The molecule has 2 unspecified atom stereocenters. The van der Waals surface area contributed by atoms with Gasteiger partial charge in [0, 0.05) is 12.8 Å². The third-order valence-electron chi connectivity index (χ3n) is 16.2. The standard InChI is InChI=1S/C76H140NO8P/c1-6-8-10-12-14-16-18-20-22-24-26-28-30-32-33-34-35-36-37-38-39-40-41-42-43-45-47-49-51-53-55-57-59-61-63-65-67-69-76(79)85-74(73-84-86(80,81)83-71-70-77(3,4)5)72-82-75(78)68-66-64-62-60-58-56-54-52-50-48-46-44-31-29-27-25-23-21-19-17-15-13-11-9-7-2/h8,10,14,16,20,22,25-28,32-33,74H,6-7,9,11-13,15,17-19,21,23-24,29-31,34-73H2,1-5H3/p+1/b10-8-,16-14-,22-20-,27-25-,28-26-,33-32-. The largest absolute Gasteiger partial charge is 0.472 e. The number of allylic oxidation sites excluding steroid dienone is 12. The molecule has 0 saturated carbocycles. The molecule has 0 radical (unpaired) electrons. The first-order chi connectivity index (χ1) is 42.0. The molecular formula is C76H141NO8P+. The predicted molar refractivity (Wildman–Crippen MR) is 372 cm³/mol. The van der Waals surface area contributed by atoms with Crippen molar-refractivity contribution in [2.45, 2.75) is 354 Å². The number of hydrogen-bond acceptors (Lipinski definition) is 7. The molecule has 0 bridgehead atoms. The second-order valence-electron chi connectivity index (χ2n) is 25.9. The first kappa shape index (κ1) is 83.5. The number of esters is 2. The Morgan fingerprint density at radius 3 is 1.00 bits per heavy atom. The molecule has 0 aromatic heterocycles. The lowest BCUT2D eigenvalue weighted by molar-refractivity contribution is -0.870. The fourth-order valence-electron chi connectivity index (χ4n) is 10.6. The van der Waals surface area contributed by atoms with Crippen LogP contribution < -0.4 is 0 Å². The van der Waals surface area contributed by atoms with Gasteiger partial charge in [-0.25, -0.2) is 4.57 Å². The molecular weight excluding hydrogens is 1090 g/mol. The minimum absolute atomic E-state index is 0.0328. The summed E-state index contributed by atoms with van der Waals surface area (Å²) in [6.07, 6.45) is 90.2. The van der Waals surface area contributed by atoms with Crippen molar-refractivity contribution in [3.63, 3.8) is 0 Å². The normalized spacial score (nSPS) is 13.5. The number of carbonyl (C=O) groups excluding carboxylic acids is 2. The van der Waals surface area contributed by atoms with Crippen molar-refractivity contribution >= 4 is 19.8 Å². The molecule has 0 rings (SSSR count). The van der Waals surface area contributed by atoms with Crippen molar-refractivity contribution in [1.29, 1.82) is 0 Å². The molecule has 0 aromatic carbocycles. The second-order valence-corrected chi connectivity index (χ2v) is 27.4. The van der Waals surface area contributed by atoms with Crippen LogP contribution >= 0.6 is 7.82 Å². The molecule has 0 fully saturated rings.